The van der Waals surface area contributed by atoms with Crippen LogP contribution in [0.4, 0.5) is 0 Å². The Labute approximate surface area is 165 Å². The predicted octanol–water partition coefficient (Wildman–Crippen LogP) is 1.97. The summed E-state index contributed by atoms with van der Waals surface area (Å²) in [5, 5.41) is 2.81. The van der Waals surface area contributed by atoms with Crippen molar-refractivity contribution in [3.05, 3.63) is 59.7 Å². The van der Waals surface area contributed by atoms with E-state index in [4.69, 9.17) is 9.47 Å². The molecule has 8 heteroatoms. The molecule has 2 aromatic rings. The molecule has 0 bridgehead atoms. The molecule has 0 radical (unpaired) electrons. The molecule has 0 saturated carbocycles. The lowest BCUT2D eigenvalue weighted by Gasteiger charge is -2.25. The Morgan fingerprint density at radius 1 is 1.07 bits per heavy atom. The Bertz CT molecular complexity index is 943. The third-order valence-corrected chi connectivity index (χ3v) is 5.65. The first-order valence-corrected chi connectivity index (χ1v) is 10.7. The van der Waals surface area contributed by atoms with Crippen LogP contribution in [0, 0.1) is 0 Å². The van der Waals surface area contributed by atoms with E-state index in [1.54, 1.807) is 44.2 Å². The van der Waals surface area contributed by atoms with Gasteiger partial charge >= 0.3 is 0 Å². The zero-order valence-corrected chi connectivity index (χ0v) is 16.7. The van der Waals surface area contributed by atoms with E-state index in [9.17, 15) is 13.2 Å². The van der Waals surface area contributed by atoms with Crippen molar-refractivity contribution >= 4 is 15.9 Å². The van der Waals surface area contributed by atoms with Crippen LogP contribution in [-0.2, 0) is 27.1 Å². The fourth-order valence-corrected chi connectivity index (χ4v) is 4.41. The number of nitrogens with one attached hydrogen (secondary N) is 2. The SMILES string of the molecule is CC(C)NS(=O)(=O)Cc1ccccc1CNC(=O)C1COc2ccccc2O1. The Balaban J connectivity index is 1.63. The van der Waals surface area contributed by atoms with Crippen molar-refractivity contribution in [2.45, 2.75) is 38.3 Å². The lowest BCUT2D eigenvalue weighted by molar-refractivity contribution is -0.130. The Morgan fingerprint density at radius 3 is 2.43 bits per heavy atom. The molecular formula is C20H24N2O5S. The van der Waals surface area contributed by atoms with Crippen LogP contribution in [0.5, 0.6) is 11.5 Å². The maximum atomic E-state index is 12.5. The molecule has 2 N–H and O–H groups in total. The second kappa shape index (κ2) is 8.62. The number of hydrogen-bond acceptors (Lipinski definition) is 5. The summed E-state index contributed by atoms with van der Waals surface area (Å²) in [6, 6.07) is 14.1. The molecule has 28 heavy (non-hydrogen) atoms. The molecule has 0 aromatic heterocycles. The summed E-state index contributed by atoms with van der Waals surface area (Å²) in [6.45, 7) is 3.87. The van der Waals surface area contributed by atoms with Crippen LogP contribution in [-0.4, -0.2) is 33.1 Å². The first-order valence-electron chi connectivity index (χ1n) is 9.07. The highest BCUT2D eigenvalue weighted by atomic mass is 32.2. The minimum atomic E-state index is -3.46. The smallest absolute Gasteiger partial charge is 0.264 e. The summed E-state index contributed by atoms with van der Waals surface area (Å²) in [4.78, 5) is 12.5. The summed E-state index contributed by atoms with van der Waals surface area (Å²) < 4.78 is 38.3. The summed E-state index contributed by atoms with van der Waals surface area (Å²) in [5.41, 5.74) is 1.38. The molecule has 0 aliphatic carbocycles. The van der Waals surface area contributed by atoms with Crippen molar-refractivity contribution in [1.29, 1.82) is 0 Å². The Kier molecular flexibility index (Phi) is 6.21. The van der Waals surface area contributed by atoms with Crippen LogP contribution in [0.25, 0.3) is 0 Å². The van der Waals surface area contributed by atoms with Gasteiger partial charge in [0.1, 0.15) is 6.61 Å². The van der Waals surface area contributed by atoms with Gasteiger partial charge in [0, 0.05) is 12.6 Å². The zero-order valence-electron chi connectivity index (χ0n) is 15.8. The highest BCUT2D eigenvalue weighted by Gasteiger charge is 2.27. The maximum Gasteiger partial charge on any atom is 0.264 e. The first-order chi connectivity index (χ1) is 13.3. The lowest BCUT2D eigenvalue weighted by atomic mass is 10.1. The topological polar surface area (TPSA) is 93.7 Å². The molecule has 1 aliphatic rings. The molecule has 7 nitrogen and oxygen atoms in total. The van der Waals surface area contributed by atoms with Crippen LogP contribution in [0.2, 0.25) is 0 Å². The number of carbonyl (C=O) groups excluding carboxylic acids is 1. The van der Waals surface area contributed by atoms with Crippen LogP contribution in [0.1, 0.15) is 25.0 Å². The van der Waals surface area contributed by atoms with Gasteiger partial charge in [-0.15, -0.1) is 0 Å². The lowest BCUT2D eigenvalue weighted by Crippen LogP contribution is -2.43. The molecule has 0 saturated heterocycles. The normalized spacial score (nSPS) is 16.0. The quantitative estimate of drug-likeness (QED) is 0.736. The number of fused-ring (bicyclic) bond motifs is 1. The third kappa shape index (κ3) is 5.24. The number of benzene rings is 2. The van der Waals surface area contributed by atoms with Crippen molar-refractivity contribution in [2.24, 2.45) is 0 Å². The molecule has 2 aromatic carbocycles. The van der Waals surface area contributed by atoms with Gasteiger partial charge < -0.3 is 14.8 Å². The van der Waals surface area contributed by atoms with E-state index < -0.39 is 16.1 Å². The summed E-state index contributed by atoms with van der Waals surface area (Å²) in [6.07, 6.45) is -0.756. The number of rotatable bonds is 7. The molecule has 1 atom stereocenters. The van der Waals surface area contributed by atoms with E-state index in [2.05, 4.69) is 10.0 Å². The minimum absolute atomic E-state index is 0.122. The molecule has 150 valence electrons. The summed E-state index contributed by atoms with van der Waals surface area (Å²) in [5.74, 6) is 0.681. The van der Waals surface area contributed by atoms with Gasteiger partial charge in [0.15, 0.2) is 11.5 Å². The van der Waals surface area contributed by atoms with Gasteiger partial charge in [-0.3, -0.25) is 4.79 Å². The average Bonchev–Trinajstić information content (AvgIpc) is 2.65. The van der Waals surface area contributed by atoms with Gasteiger partial charge in [-0.25, -0.2) is 13.1 Å². The van der Waals surface area contributed by atoms with E-state index in [1.165, 1.54) is 0 Å². The third-order valence-electron chi connectivity index (χ3n) is 4.13. The number of para-hydroxylation sites is 2. The fraction of sp³-hybridized carbons (Fsp3) is 0.350. The van der Waals surface area contributed by atoms with E-state index in [-0.39, 0.29) is 30.9 Å². The van der Waals surface area contributed by atoms with E-state index >= 15 is 0 Å². The largest absolute Gasteiger partial charge is 0.485 e. The van der Waals surface area contributed by atoms with Gasteiger partial charge in [0.2, 0.25) is 16.1 Å². The van der Waals surface area contributed by atoms with Gasteiger partial charge in [-0.1, -0.05) is 36.4 Å². The van der Waals surface area contributed by atoms with Gasteiger partial charge in [-0.05, 0) is 37.1 Å². The standard InChI is InChI=1S/C20H24N2O5S/c1-14(2)22-28(24,25)13-16-8-4-3-7-15(16)11-21-20(23)19-12-26-17-9-5-6-10-18(17)27-19/h3-10,14,19,22H,11-13H2,1-2H3,(H,21,23). The Hall–Kier alpha value is -2.58. The fourth-order valence-electron chi connectivity index (χ4n) is 2.92. The maximum absolute atomic E-state index is 12.5. The number of sulfonamides is 1. The molecule has 3 rings (SSSR count). The van der Waals surface area contributed by atoms with Crippen molar-refractivity contribution < 1.29 is 22.7 Å². The summed E-state index contributed by atoms with van der Waals surface area (Å²) in [7, 11) is -3.46. The summed E-state index contributed by atoms with van der Waals surface area (Å²) >= 11 is 0. The molecule has 0 fully saturated rings. The van der Waals surface area contributed by atoms with Crippen LogP contribution in [0.3, 0.4) is 0 Å². The monoisotopic (exact) mass is 404 g/mol. The first kappa shape index (κ1) is 20.2. The van der Waals surface area contributed by atoms with E-state index in [1.807, 2.05) is 18.2 Å². The van der Waals surface area contributed by atoms with Crippen LogP contribution < -0.4 is 19.5 Å². The van der Waals surface area contributed by atoms with Crippen LogP contribution in [0.15, 0.2) is 48.5 Å². The molecule has 1 aliphatic heterocycles. The molecular weight excluding hydrogens is 380 g/mol. The number of carbonyl (C=O) groups is 1. The minimum Gasteiger partial charge on any atom is -0.485 e. The predicted molar refractivity (Wildman–Crippen MR) is 106 cm³/mol. The second-order valence-electron chi connectivity index (χ2n) is 6.88. The number of amides is 1. The van der Waals surface area contributed by atoms with Crippen molar-refractivity contribution in [2.75, 3.05) is 6.61 Å². The van der Waals surface area contributed by atoms with E-state index in [0.29, 0.717) is 17.1 Å². The zero-order chi connectivity index (χ0) is 20.1. The van der Waals surface area contributed by atoms with Crippen molar-refractivity contribution in [3.8, 4) is 11.5 Å². The van der Waals surface area contributed by atoms with Gasteiger partial charge in [0.05, 0.1) is 5.75 Å². The number of hydrogen-bond donors (Lipinski definition) is 2. The molecule has 1 amide bonds. The van der Waals surface area contributed by atoms with Crippen molar-refractivity contribution in [1.82, 2.24) is 10.0 Å². The highest BCUT2D eigenvalue weighted by Crippen LogP contribution is 2.30. The second-order valence-corrected chi connectivity index (χ2v) is 8.64. The highest BCUT2D eigenvalue weighted by molar-refractivity contribution is 7.88. The average molecular weight is 404 g/mol. The van der Waals surface area contributed by atoms with E-state index in [0.717, 1.165) is 5.56 Å². The Morgan fingerprint density at radius 2 is 1.71 bits per heavy atom. The molecule has 1 unspecified atom stereocenters. The van der Waals surface area contributed by atoms with Crippen LogP contribution >= 0.6 is 0 Å². The number of ether oxygens (including phenoxy) is 2. The van der Waals surface area contributed by atoms with Gasteiger partial charge in [0.25, 0.3) is 5.91 Å². The van der Waals surface area contributed by atoms with Gasteiger partial charge in [-0.2, -0.15) is 0 Å². The molecule has 1 heterocycles. The molecule has 0 spiro atoms. The van der Waals surface area contributed by atoms with Crippen molar-refractivity contribution in [3.63, 3.8) is 0 Å².